The lowest BCUT2D eigenvalue weighted by atomic mass is 10.1. The summed E-state index contributed by atoms with van der Waals surface area (Å²) in [4.78, 5) is 20.2. The van der Waals surface area contributed by atoms with Gasteiger partial charge in [0.15, 0.2) is 0 Å². The van der Waals surface area contributed by atoms with Crippen molar-refractivity contribution in [3.05, 3.63) is 29.8 Å². The van der Waals surface area contributed by atoms with Gasteiger partial charge in [-0.1, -0.05) is 32.1 Å². The number of carbonyl (C=O) groups is 1. The molecule has 4 rings (SSSR count). The van der Waals surface area contributed by atoms with E-state index in [0.717, 1.165) is 63.1 Å². The van der Waals surface area contributed by atoms with Crippen molar-refractivity contribution < 1.29 is 9.53 Å². The van der Waals surface area contributed by atoms with Gasteiger partial charge in [-0.05, 0) is 69.5 Å². The Balaban J connectivity index is 1.17. The van der Waals surface area contributed by atoms with Crippen LogP contribution in [0.3, 0.4) is 0 Å². The van der Waals surface area contributed by atoms with Crippen molar-refractivity contribution in [2.45, 2.75) is 70.3 Å². The normalized spacial score (nSPS) is 22.3. The number of rotatable bonds is 7. The fourth-order valence-corrected chi connectivity index (χ4v) is 5.45. The van der Waals surface area contributed by atoms with E-state index in [4.69, 9.17) is 4.74 Å². The number of likely N-dealkylation sites (tertiary alicyclic amines) is 1. The Bertz CT molecular complexity index is 656. The molecule has 1 aromatic carbocycles. The van der Waals surface area contributed by atoms with E-state index in [1.165, 1.54) is 70.9 Å². The van der Waals surface area contributed by atoms with Crippen LogP contribution in [0.5, 0.6) is 5.75 Å². The summed E-state index contributed by atoms with van der Waals surface area (Å²) in [6.45, 7) is 8.10. The summed E-state index contributed by atoms with van der Waals surface area (Å²) in [6.07, 6.45) is 13.3. The monoisotopic (exact) mass is 427 g/mol. The predicted molar refractivity (Wildman–Crippen MR) is 126 cm³/mol. The highest BCUT2D eigenvalue weighted by Gasteiger charge is 2.27. The molecule has 1 aliphatic carbocycles. The Morgan fingerprint density at radius 3 is 2.13 bits per heavy atom. The van der Waals surface area contributed by atoms with E-state index in [0.29, 0.717) is 0 Å². The minimum Gasteiger partial charge on any atom is -0.494 e. The fraction of sp³-hybridized carbons (Fsp3) is 0.731. The average Bonchev–Trinajstić information content (AvgIpc) is 3.12. The lowest BCUT2D eigenvalue weighted by Crippen LogP contribution is -2.51. The quantitative estimate of drug-likeness (QED) is 0.477. The van der Waals surface area contributed by atoms with Gasteiger partial charge < -0.3 is 14.5 Å². The largest absolute Gasteiger partial charge is 0.494 e. The van der Waals surface area contributed by atoms with Crippen LogP contribution in [0.2, 0.25) is 0 Å². The number of piperidine rings is 1. The number of hydrogen-bond acceptors (Lipinski definition) is 4. The summed E-state index contributed by atoms with van der Waals surface area (Å²) in [5, 5.41) is 0. The van der Waals surface area contributed by atoms with Gasteiger partial charge in [0.2, 0.25) is 0 Å². The van der Waals surface area contributed by atoms with Crippen molar-refractivity contribution in [2.75, 3.05) is 52.4 Å². The standard InChI is InChI=1S/C26H41N3O2/c30-26(29-20-18-28(19-21-29)24-9-4-1-2-5-10-24)23-11-13-25(14-12-23)31-22-8-17-27-15-6-3-7-16-27/h11-14,24H,1-10,15-22H2. The highest BCUT2D eigenvalue weighted by molar-refractivity contribution is 5.94. The molecular formula is C26H41N3O2. The molecule has 5 heteroatoms. The van der Waals surface area contributed by atoms with Crippen LogP contribution in [-0.4, -0.2) is 79.1 Å². The summed E-state index contributed by atoms with van der Waals surface area (Å²) < 4.78 is 5.91. The third kappa shape index (κ3) is 6.69. The highest BCUT2D eigenvalue weighted by Crippen LogP contribution is 2.23. The second-order valence-corrected chi connectivity index (χ2v) is 9.60. The van der Waals surface area contributed by atoms with Crippen LogP contribution in [0.4, 0.5) is 0 Å². The maximum Gasteiger partial charge on any atom is 0.253 e. The first-order chi connectivity index (χ1) is 15.3. The summed E-state index contributed by atoms with van der Waals surface area (Å²) in [5.41, 5.74) is 0.781. The van der Waals surface area contributed by atoms with Crippen molar-refractivity contribution in [3.63, 3.8) is 0 Å². The minimum absolute atomic E-state index is 0.164. The summed E-state index contributed by atoms with van der Waals surface area (Å²) in [6, 6.07) is 8.51. The molecule has 0 aromatic heterocycles. The lowest BCUT2D eigenvalue weighted by Gasteiger charge is -2.39. The van der Waals surface area contributed by atoms with Crippen molar-refractivity contribution in [1.29, 1.82) is 0 Å². The summed E-state index contributed by atoms with van der Waals surface area (Å²) >= 11 is 0. The molecule has 0 spiro atoms. The van der Waals surface area contributed by atoms with Crippen molar-refractivity contribution in [1.82, 2.24) is 14.7 Å². The van der Waals surface area contributed by atoms with Crippen LogP contribution in [0.25, 0.3) is 0 Å². The van der Waals surface area contributed by atoms with Crippen molar-refractivity contribution in [3.8, 4) is 5.75 Å². The van der Waals surface area contributed by atoms with Crippen molar-refractivity contribution in [2.24, 2.45) is 0 Å². The van der Waals surface area contributed by atoms with Crippen LogP contribution in [0.15, 0.2) is 24.3 Å². The Kier molecular flexibility index (Phi) is 8.65. The molecule has 2 saturated heterocycles. The molecule has 5 nitrogen and oxygen atoms in total. The minimum atomic E-state index is 0.164. The Hall–Kier alpha value is -1.59. The predicted octanol–water partition coefficient (Wildman–Crippen LogP) is 4.42. The number of nitrogens with zero attached hydrogens (tertiary/aromatic N) is 3. The number of piperazine rings is 1. The number of amides is 1. The van der Waals surface area contributed by atoms with Crippen LogP contribution in [-0.2, 0) is 0 Å². The second-order valence-electron chi connectivity index (χ2n) is 9.60. The van der Waals surface area contributed by atoms with Gasteiger partial charge in [-0.3, -0.25) is 9.69 Å². The van der Waals surface area contributed by atoms with E-state index < -0.39 is 0 Å². The SMILES string of the molecule is O=C(c1ccc(OCCCN2CCCCC2)cc1)N1CCN(C2CCCCCC2)CC1. The van der Waals surface area contributed by atoms with E-state index in [1.54, 1.807) is 0 Å². The molecule has 2 heterocycles. The van der Waals surface area contributed by atoms with Gasteiger partial charge in [0, 0.05) is 44.3 Å². The second kappa shape index (κ2) is 11.9. The van der Waals surface area contributed by atoms with Crippen LogP contribution >= 0.6 is 0 Å². The van der Waals surface area contributed by atoms with Gasteiger partial charge in [-0.15, -0.1) is 0 Å². The van der Waals surface area contributed by atoms with E-state index in [-0.39, 0.29) is 5.91 Å². The van der Waals surface area contributed by atoms with Crippen molar-refractivity contribution >= 4 is 5.91 Å². The average molecular weight is 428 g/mol. The first-order valence-corrected chi connectivity index (χ1v) is 12.8. The Labute approximate surface area is 188 Å². The first-order valence-electron chi connectivity index (χ1n) is 12.8. The molecule has 2 aliphatic heterocycles. The molecule has 0 N–H and O–H groups in total. The fourth-order valence-electron chi connectivity index (χ4n) is 5.45. The summed E-state index contributed by atoms with van der Waals surface area (Å²) in [7, 11) is 0. The van der Waals surface area contributed by atoms with Gasteiger partial charge in [0.25, 0.3) is 5.91 Å². The molecule has 3 fully saturated rings. The summed E-state index contributed by atoms with van der Waals surface area (Å²) in [5.74, 6) is 1.03. The van der Waals surface area contributed by atoms with Gasteiger partial charge >= 0.3 is 0 Å². The molecule has 3 aliphatic rings. The number of carbonyl (C=O) groups excluding carboxylic acids is 1. The first kappa shape index (κ1) is 22.6. The maximum absolute atomic E-state index is 12.9. The van der Waals surface area contributed by atoms with Crippen LogP contribution < -0.4 is 4.74 Å². The van der Waals surface area contributed by atoms with Crippen LogP contribution in [0, 0.1) is 0 Å². The molecule has 1 saturated carbocycles. The third-order valence-corrected chi connectivity index (χ3v) is 7.38. The van der Waals surface area contributed by atoms with Gasteiger partial charge in [-0.2, -0.15) is 0 Å². The van der Waals surface area contributed by atoms with Gasteiger partial charge in [-0.25, -0.2) is 0 Å². The molecule has 31 heavy (non-hydrogen) atoms. The van der Waals surface area contributed by atoms with Gasteiger partial charge in [0.05, 0.1) is 6.61 Å². The number of ether oxygens (including phenoxy) is 1. The highest BCUT2D eigenvalue weighted by atomic mass is 16.5. The van der Waals surface area contributed by atoms with E-state index >= 15 is 0 Å². The molecule has 172 valence electrons. The molecule has 1 aromatic rings. The van der Waals surface area contributed by atoms with Crippen LogP contribution in [0.1, 0.15) is 74.6 Å². The maximum atomic E-state index is 12.9. The Morgan fingerprint density at radius 2 is 1.45 bits per heavy atom. The molecule has 1 amide bonds. The Morgan fingerprint density at radius 1 is 0.806 bits per heavy atom. The molecule has 0 unspecified atom stereocenters. The molecule has 0 atom stereocenters. The molecule has 0 radical (unpaired) electrons. The molecular weight excluding hydrogens is 386 g/mol. The lowest BCUT2D eigenvalue weighted by molar-refractivity contribution is 0.0551. The topological polar surface area (TPSA) is 36.0 Å². The van der Waals surface area contributed by atoms with Gasteiger partial charge in [0.1, 0.15) is 5.75 Å². The zero-order valence-corrected chi connectivity index (χ0v) is 19.3. The van der Waals surface area contributed by atoms with E-state index in [2.05, 4.69) is 9.80 Å². The van der Waals surface area contributed by atoms with E-state index in [1.807, 2.05) is 29.2 Å². The molecule has 0 bridgehead atoms. The number of benzene rings is 1. The number of hydrogen-bond donors (Lipinski definition) is 0. The third-order valence-electron chi connectivity index (χ3n) is 7.38. The zero-order valence-electron chi connectivity index (χ0n) is 19.3. The van der Waals surface area contributed by atoms with E-state index in [9.17, 15) is 4.79 Å². The smallest absolute Gasteiger partial charge is 0.253 e. The zero-order chi connectivity index (χ0) is 21.3.